The highest BCUT2D eigenvalue weighted by atomic mass is 32.2. The molecule has 0 N–H and O–H groups in total. The molecule has 124 valence electrons. The number of hydrogen-bond acceptors (Lipinski definition) is 6. The summed E-state index contributed by atoms with van der Waals surface area (Å²) in [5, 5.41) is 8.96. The van der Waals surface area contributed by atoms with Crippen LogP contribution in [0.3, 0.4) is 0 Å². The van der Waals surface area contributed by atoms with Crippen LogP contribution in [0.15, 0.2) is 10.4 Å². The number of thioether (sulfide) groups is 1. The zero-order valence-corrected chi connectivity index (χ0v) is 15.3. The van der Waals surface area contributed by atoms with Crippen LogP contribution in [0.25, 0.3) is 0 Å². The highest BCUT2D eigenvalue weighted by Crippen LogP contribution is 2.25. The van der Waals surface area contributed by atoms with Gasteiger partial charge in [-0.05, 0) is 39.7 Å². The summed E-state index contributed by atoms with van der Waals surface area (Å²) in [6, 6.07) is 2.00. The lowest BCUT2D eigenvalue weighted by molar-refractivity contribution is 0.0957. The summed E-state index contributed by atoms with van der Waals surface area (Å²) in [5.74, 6) is 0.549. The molecule has 7 heteroatoms. The maximum atomic E-state index is 12.5. The molecule has 0 saturated carbocycles. The lowest BCUT2D eigenvalue weighted by atomic mass is 10.2. The molecule has 0 unspecified atom stereocenters. The van der Waals surface area contributed by atoms with E-state index in [1.165, 1.54) is 23.1 Å². The van der Waals surface area contributed by atoms with Gasteiger partial charge in [0.05, 0.1) is 11.9 Å². The third-order valence-electron chi connectivity index (χ3n) is 4.12. The Labute approximate surface area is 144 Å². The topological polar surface area (TPSA) is 57.0 Å². The Bertz CT molecular complexity index is 702. The normalized spacial score (nSPS) is 17.8. The lowest BCUT2D eigenvalue weighted by Gasteiger charge is -2.14. The fourth-order valence-electron chi connectivity index (χ4n) is 2.90. The first-order chi connectivity index (χ1) is 11.0. The van der Waals surface area contributed by atoms with Crippen LogP contribution >= 0.6 is 23.1 Å². The van der Waals surface area contributed by atoms with Gasteiger partial charge in [0.1, 0.15) is 5.01 Å². The van der Waals surface area contributed by atoms with E-state index in [4.69, 9.17) is 4.74 Å². The standard InChI is InChI=1S/C16H21N3O2S2/c1-10-7-14(11(2)19(10)8-13-5-4-6-21-13)15(20)9-22-16-18-17-12(3)23-16/h7,13H,4-6,8-9H2,1-3H3/t13-/m0/s1. The molecule has 0 bridgehead atoms. The number of rotatable bonds is 6. The lowest BCUT2D eigenvalue weighted by Crippen LogP contribution is -2.17. The summed E-state index contributed by atoms with van der Waals surface area (Å²) in [7, 11) is 0. The molecule has 23 heavy (non-hydrogen) atoms. The van der Waals surface area contributed by atoms with Gasteiger partial charge in [-0.25, -0.2) is 0 Å². The number of aryl methyl sites for hydroxylation is 2. The molecule has 3 rings (SSSR count). The van der Waals surface area contributed by atoms with Gasteiger partial charge in [0.15, 0.2) is 10.1 Å². The van der Waals surface area contributed by atoms with Crippen molar-refractivity contribution in [1.82, 2.24) is 14.8 Å². The van der Waals surface area contributed by atoms with Crippen LogP contribution in [0, 0.1) is 20.8 Å². The molecular formula is C16H21N3O2S2. The number of ether oxygens (including phenoxy) is 1. The smallest absolute Gasteiger partial charge is 0.174 e. The molecule has 1 aliphatic heterocycles. The molecule has 0 spiro atoms. The number of aromatic nitrogens is 3. The van der Waals surface area contributed by atoms with E-state index < -0.39 is 0 Å². The maximum Gasteiger partial charge on any atom is 0.174 e. The molecule has 0 aromatic carbocycles. The molecule has 0 amide bonds. The molecule has 0 aliphatic carbocycles. The van der Waals surface area contributed by atoms with Crippen LogP contribution in [0.5, 0.6) is 0 Å². The Morgan fingerprint density at radius 3 is 2.91 bits per heavy atom. The number of carbonyl (C=O) groups is 1. The zero-order chi connectivity index (χ0) is 16.4. The van der Waals surface area contributed by atoms with Crippen molar-refractivity contribution in [3.05, 3.63) is 28.0 Å². The summed E-state index contributed by atoms with van der Waals surface area (Å²) >= 11 is 2.99. The highest BCUT2D eigenvalue weighted by molar-refractivity contribution is 8.01. The van der Waals surface area contributed by atoms with Gasteiger partial charge >= 0.3 is 0 Å². The van der Waals surface area contributed by atoms with Crippen LogP contribution in [0.2, 0.25) is 0 Å². The number of carbonyl (C=O) groups excluding carboxylic acids is 1. The Kier molecular flexibility index (Phi) is 5.18. The molecule has 2 aromatic rings. The molecule has 1 saturated heterocycles. The summed E-state index contributed by atoms with van der Waals surface area (Å²) in [5.41, 5.74) is 2.98. The second-order valence-corrected chi connectivity index (χ2v) is 8.23. The number of Topliss-reactive ketones (excluding diaryl/α,β-unsaturated/α-hetero) is 1. The van der Waals surface area contributed by atoms with Crippen LogP contribution in [0.1, 0.15) is 39.6 Å². The van der Waals surface area contributed by atoms with Gasteiger partial charge in [-0.1, -0.05) is 23.1 Å². The molecule has 1 atom stereocenters. The van der Waals surface area contributed by atoms with Crippen molar-refractivity contribution in [3.63, 3.8) is 0 Å². The van der Waals surface area contributed by atoms with Crippen molar-refractivity contribution in [2.75, 3.05) is 12.4 Å². The minimum Gasteiger partial charge on any atom is -0.376 e. The molecule has 3 heterocycles. The first-order valence-corrected chi connectivity index (χ1v) is 9.59. The van der Waals surface area contributed by atoms with E-state index in [-0.39, 0.29) is 11.9 Å². The quantitative estimate of drug-likeness (QED) is 0.589. The molecule has 5 nitrogen and oxygen atoms in total. The molecule has 1 fully saturated rings. The van der Waals surface area contributed by atoms with Crippen molar-refractivity contribution in [2.24, 2.45) is 0 Å². The van der Waals surface area contributed by atoms with E-state index in [1.807, 2.05) is 19.9 Å². The molecule has 1 aliphatic rings. The van der Waals surface area contributed by atoms with Crippen molar-refractivity contribution < 1.29 is 9.53 Å². The van der Waals surface area contributed by atoms with Gasteiger partial charge in [0.2, 0.25) is 0 Å². The Balaban J connectivity index is 1.68. The maximum absolute atomic E-state index is 12.5. The van der Waals surface area contributed by atoms with Crippen molar-refractivity contribution in [3.8, 4) is 0 Å². The fraction of sp³-hybridized carbons (Fsp3) is 0.562. The van der Waals surface area contributed by atoms with E-state index in [1.54, 1.807) is 0 Å². The highest BCUT2D eigenvalue weighted by Gasteiger charge is 2.21. The molecular weight excluding hydrogens is 330 g/mol. The third-order valence-corrected chi connectivity index (χ3v) is 6.09. The molecule has 2 aromatic heterocycles. The Morgan fingerprint density at radius 1 is 1.43 bits per heavy atom. The Morgan fingerprint density at radius 2 is 2.26 bits per heavy atom. The predicted octanol–water partition coefficient (Wildman–Crippen LogP) is 3.42. The van der Waals surface area contributed by atoms with Gasteiger partial charge in [0.25, 0.3) is 0 Å². The van der Waals surface area contributed by atoms with Crippen LogP contribution in [-0.2, 0) is 11.3 Å². The summed E-state index contributed by atoms with van der Waals surface area (Å²) in [4.78, 5) is 12.5. The second kappa shape index (κ2) is 7.15. The summed E-state index contributed by atoms with van der Waals surface area (Å²) in [6.07, 6.45) is 2.52. The summed E-state index contributed by atoms with van der Waals surface area (Å²) < 4.78 is 8.78. The SMILES string of the molecule is Cc1nnc(SCC(=O)c2cc(C)n(C[C@@H]3CCCO3)c2C)s1. The monoisotopic (exact) mass is 351 g/mol. The van der Waals surface area contributed by atoms with Crippen LogP contribution < -0.4 is 0 Å². The average molecular weight is 351 g/mol. The van der Waals surface area contributed by atoms with E-state index >= 15 is 0 Å². The minimum absolute atomic E-state index is 0.148. The fourth-order valence-corrected chi connectivity index (χ4v) is 4.60. The van der Waals surface area contributed by atoms with E-state index in [0.717, 1.165) is 52.3 Å². The van der Waals surface area contributed by atoms with E-state index in [0.29, 0.717) is 5.75 Å². The van der Waals surface area contributed by atoms with Gasteiger partial charge in [0, 0.05) is 30.1 Å². The van der Waals surface area contributed by atoms with Crippen LogP contribution in [0.4, 0.5) is 0 Å². The first kappa shape index (κ1) is 16.7. The number of ketones is 1. The first-order valence-electron chi connectivity index (χ1n) is 7.79. The van der Waals surface area contributed by atoms with Gasteiger partial charge in [-0.15, -0.1) is 10.2 Å². The zero-order valence-electron chi connectivity index (χ0n) is 13.7. The summed E-state index contributed by atoms with van der Waals surface area (Å²) in [6.45, 7) is 7.69. The number of hydrogen-bond donors (Lipinski definition) is 0. The van der Waals surface area contributed by atoms with Gasteiger partial charge in [-0.2, -0.15) is 0 Å². The predicted molar refractivity (Wildman–Crippen MR) is 92.6 cm³/mol. The van der Waals surface area contributed by atoms with Crippen molar-refractivity contribution in [2.45, 2.75) is 50.6 Å². The largest absolute Gasteiger partial charge is 0.376 e. The van der Waals surface area contributed by atoms with Crippen LogP contribution in [-0.4, -0.2) is 39.0 Å². The minimum atomic E-state index is 0.148. The van der Waals surface area contributed by atoms with Gasteiger partial charge < -0.3 is 9.30 Å². The molecule has 0 radical (unpaired) electrons. The van der Waals surface area contributed by atoms with Crippen molar-refractivity contribution >= 4 is 28.9 Å². The second-order valence-electron chi connectivity index (χ2n) is 5.83. The van der Waals surface area contributed by atoms with Crippen molar-refractivity contribution in [1.29, 1.82) is 0 Å². The van der Waals surface area contributed by atoms with Gasteiger partial charge in [-0.3, -0.25) is 4.79 Å². The Hall–Kier alpha value is -1.18. The average Bonchev–Trinajstić information content (AvgIpc) is 3.23. The third kappa shape index (κ3) is 3.84. The number of nitrogens with zero attached hydrogens (tertiary/aromatic N) is 3. The van der Waals surface area contributed by atoms with E-state index in [9.17, 15) is 4.79 Å². The van der Waals surface area contributed by atoms with E-state index in [2.05, 4.69) is 21.7 Å².